The van der Waals surface area contributed by atoms with Crippen LogP contribution in [0.2, 0.25) is 0 Å². The number of hydrogen-bond acceptors (Lipinski definition) is 18. The summed E-state index contributed by atoms with van der Waals surface area (Å²) < 4.78 is 39.7. The van der Waals surface area contributed by atoms with Gasteiger partial charge in [-0.3, -0.25) is 54.4 Å². The maximum atomic E-state index is 13.0. The molecule has 4 aromatic rings. The fourth-order valence-electron chi connectivity index (χ4n) is 6.26. The van der Waals surface area contributed by atoms with Crippen LogP contribution < -0.4 is 32.3 Å². The lowest BCUT2D eigenvalue weighted by atomic mass is 10.1. The van der Waals surface area contributed by atoms with Crippen LogP contribution >= 0.6 is 13.3 Å². The monoisotopic (exact) mass is 936 g/mol. The lowest BCUT2D eigenvalue weighted by Crippen LogP contribution is -2.38. The molecule has 7 N–H and O–H groups in total. The molecule has 6 rings (SSSR count). The van der Waals surface area contributed by atoms with Crippen LogP contribution in [0.5, 0.6) is 0 Å². The number of carbonyl (C=O) groups excluding carboxylic acids is 2. The van der Waals surface area contributed by atoms with E-state index in [1.807, 2.05) is 12.1 Å². The smallest absolute Gasteiger partial charge is 0.280 e. The molecule has 2 amide bonds. The summed E-state index contributed by atoms with van der Waals surface area (Å²) in [6.45, 7) is -0.351. The molecule has 2 saturated heterocycles. The van der Waals surface area contributed by atoms with Crippen molar-refractivity contribution < 1.29 is 37.2 Å². The average Bonchev–Trinajstić information content (AvgIpc) is 4.03. The first-order valence-corrected chi connectivity index (χ1v) is 24.8. The lowest BCUT2D eigenvalue weighted by molar-refractivity contribution is -0.119. The minimum Gasteiger partial charge on any atom is -0.352 e. The zero-order valence-corrected chi connectivity index (χ0v) is 37.4. The Morgan fingerprint density at radius 1 is 0.855 bits per heavy atom. The summed E-state index contributed by atoms with van der Waals surface area (Å²) >= 11 is 11.4. The Bertz CT molecular complexity index is 2590. The van der Waals surface area contributed by atoms with E-state index in [1.165, 1.54) is 17.2 Å². The third-order valence-electron chi connectivity index (χ3n) is 9.47. The van der Waals surface area contributed by atoms with Crippen molar-refractivity contribution in [3.63, 3.8) is 0 Å². The molecule has 0 bridgehead atoms. The third-order valence-corrected chi connectivity index (χ3v) is 13.8. The number of imidazole rings is 2. The van der Waals surface area contributed by atoms with Gasteiger partial charge in [0.1, 0.15) is 12.5 Å². The Morgan fingerprint density at radius 3 is 1.95 bits per heavy atom. The van der Waals surface area contributed by atoms with Gasteiger partial charge in [0.15, 0.2) is 22.3 Å². The molecule has 4 aromatic heterocycles. The van der Waals surface area contributed by atoms with Crippen LogP contribution in [0.1, 0.15) is 72.3 Å². The van der Waals surface area contributed by atoms with Crippen molar-refractivity contribution in [1.29, 1.82) is 10.5 Å². The number of ether oxygens (including phenoxy) is 2. The molecule has 7 atom stereocenters. The Balaban J connectivity index is 1.21. The predicted octanol–water partition coefficient (Wildman–Crippen LogP) is 2.67. The molecule has 2 aliphatic heterocycles. The fourth-order valence-corrected chi connectivity index (χ4v) is 9.85. The van der Waals surface area contributed by atoms with E-state index < -0.39 is 55.1 Å². The summed E-state index contributed by atoms with van der Waals surface area (Å²) in [6, 6.07) is 3.30. The number of nitriles is 2. The fraction of sp³-hybridized carbons (Fsp3) is 0.588. The molecule has 0 radical (unpaired) electrons. The van der Waals surface area contributed by atoms with Crippen molar-refractivity contribution in [1.82, 2.24) is 44.1 Å². The van der Waals surface area contributed by atoms with E-state index in [0.717, 1.165) is 0 Å². The Labute approximate surface area is 364 Å². The summed E-state index contributed by atoms with van der Waals surface area (Å²) in [6.07, 6.45) is 1.26. The molecule has 6 heterocycles. The number of anilines is 2. The van der Waals surface area contributed by atoms with E-state index in [2.05, 4.69) is 45.6 Å². The first-order chi connectivity index (χ1) is 29.5. The van der Waals surface area contributed by atoms with Gasteiger partial charge < -0.3 is 27.6 Å². The molecular weight excluding hydrogens is 891 g/mol. The van der Waals surface area contributed by atoms with Crippen molar-refractivity contribution in [3.05, 3.63) is 33.4 Å². The van der Waals surface area contributed by atoms with Crippen LogP contribution in [0.4, 0.5) is 11.9 Å². The minimum atomic E-state index is -3.48. The molecule has 3 unspecified atom stereocenters. The van der Waals surface area contributed by atoms with Crippen molar-refractivity contribution in [2.75, 3.05) is 37.1 Å². The van der Waals surface area contributed by atoms with Gasteiger partial charge in [0.2, 0.25) is 23.7 Å². The van der Waals surface area contributed by atoms with Crippen LogP contribution in [0.3, 0.4) is 0 Å². The zero-order chi connectivity index (χ0) is 44.8. The molecule has 0 aliphatic carbocycles. The number of fused-ring (bicyclic) bond motifs is 2. The number of rotatable bonds is 20. The highest BCUT2D eigenvalue weighted by molar-refractivity contribution is 8.09. The second-order valence-corrected chi connectivity index (χ2v) is 21.1. The summed E-state index contributed by atoms with van der Waals surface area (Å²) in [5.74, 6) is -1.52. The standard InChI is InChI=1S/C34H46N14O10P2S2/c1-18(2)29(49)42-33-40-27-25(31(51)44-33)38-16-47(27)23-8-7-20(57-23)14-56-60(62,54-12-6-10-36)46-21-13-24(58-22(21)15-55-59(37,61)53-11-5-9-35)48-17-39-26-28(48)41-34(45-32(26)52)43-30(50)19(3)4/h16-24H,5-8,11-15H2,1-4H3,(H2,37,61)(H,46,62)(H2,40,42,44,49,51)(H2,41,43,45,50,52)/t20-,21?,22+,23+,24+,59?,60?/m0/s1. The van der Waals surface area contributed by atoms with Gasteiger partial charge in [0.05, 0.1) is 76.3 Å². The number of nitrogens with zero attached hydrogens (tertiary/aromatic N) is 8. The number of carbonyl (C=O) groups is 2. The third kappa shape index (κ3) is 11.6. The van der Waals surface area contributed by atoms with Crippen molar-refractivity contribution in [3.8, 4) is 12.1 Å². The molecule has 62 heavy (non-hydrogen) atoms. The van der Waals surface area contributed by atoms with E-state index in [4.69, 9.17) is 61.9 Å². The Morgan fingerprint density at radius 2 is 1.40 bits per heavy atom. The van der Waals surface area contributed by atoms with E-state index in [1.54, 1.807) is 32.3 Å². The van der Waals surface area contributed by atoms with E-state index in [0.29, 0.717) is 12.8 Å². The second-order valence-electron chi connectivity index (χ2n) is 14.8. The molecule has 2 fully saturated rings. The first-order valence-electron chi connectivity index (χ1n) is 19.4. The van der Waals surface area contributed by atoms with Gasteiger partial charge in [-0.1, -0.05) is 27.7 Å². The molecule has 0 spiro atoms. The molecule has 28 heteroatoms. The van der Waals surface area contributed by atoms with E-state index in [-0.39, 0.29) is 104 Å². The van der Waals surface area contributed by atoms with Gasteiger partial charge >= 0.3 is 0 Å². The van der Waals surface area contributed by atoms with Crippen LogP contribution in [-0.4, -0.2) is 95.5 Å². The van der Waals surface area contributed by atoms with Gasteiger partial charge in [-0.25, -0.2) is 15.1 Å². The van der Waals surface area contributed by atoms with Crippen LogP contribution in [0, 0.1) is 34.5 Å². The predicted molar refractivity (Wildman–Crippen MR) is 229 cm³/mol. The summed E-state index contributed by atoms with van der Waals surface area (Å²) in [7, 11) is 0. The number of H-pyrrole nitrogens is 2. The van der Waals surface area contributed by atoms with Crippen molar-refractivity contribution in [2.24, 2.45) is 17.3 Å². The topological polar surface area (TPSA) is 326 Å². The molecule has 0 aromatic carbocycles. The molecule has 24 nitrogen and oxygen atoms in total. The molecular formula is C34H46N14O10P2S2. The normalized spacial score (nSPS) is 22.1. The first kappa shape index (κ1) is 47.1. The number of amides is 2. The van der Waals surface area contributed by atoms with Crippen LogP contribution in [-0.2, 0) is 60.8 Å². The number of nitrogens with two attached hydrogens (primary N) is 1. The SMILES string of the molecule is CC(C)C(=O)Nc1nc2c(ncn2[C@H]2CC[C@@H](COP(=S)(NC3C[C@H](n4cnc5c(=O)[nH]c(NC(=O)C(C)C)nc54)O[C@@H]3COP(N)(=S)OCCC#N)OCCC#N)O2)c(=O)[nH]1. The van der Waals surface area contributed by atoms with Gasteiger partial charge in [-0.15, -0.1) is 0 Å². The van der Waals surface area contributed by atoms with E-state index in [9.17, 15) is 24.4 Å². The highest BCUT2D eigenvalue weighted by Gasteiger charge is 2.42. The lowest BCUT2D eigenvalue weighted by Gasteiger charge is -2.29. The van der Waals surface area contributed by atoms with Crippen LogP contribution in [0.25, 0.3) is 22.3 Å². The molecule has 0 saturated carbocycles. The number of aromatic amines is 2. The number of aromatic nitrogens is 8. The molecule has 2 aliphatic rings. The summed E-state index contributed by atoms with van der Waals surface area (Å²) in [5.41, 5.74) is 5.46. The quantitative estimate of drug-likeness (QED) is 0.0548. The highest BCUT2D eigenvalue weighted by atomic mass is 32.5. The van der Waals surface area contributed by atoms with Crippen molar-refractivity contribution >= 4 is 82.9 Å². The summed E-state index contributed by atoms with van der Waals surface area (Å²) in [4.78, 5) is 72.9. The number of hydrogen-bond donors (Lipinski definition) is 6. The largest absolute Gasteiger partial charge is 0.352 e. The average molecular weight is 937 g/mol. The van der Waals surface area contributed by atoms with Gasteiger partial charge in [0.25, 0.3) is 24.4 Å². The zero-order valence-electron chi connectivity index (χ0n) is 34.0. The Hall–Kier alpha value is -4.40. The minimum absolute atomic E-state index is 0.00327. The maximum absolute atomic E-state index is 13.0. The maximum Gasteiger partial charge on any atom is 0.280 e. The molecule has 334 valence electrons. The van der Waals surface area contributed by atoms with Gasteiger partial charge in [-0.05, 0) is 36.5 Å². The van der Waals surface area contributed by atoms with Gasteiger partial charge in [0, 0.05) is 24.3 Å². The number of nitrogens with one attached hydrogen (secondary N) is 5. The van der Waals surface area contributed by atoms with Gasteiger partial charge in [-0.2, -0.15) is 20.5 Å². The van der Waals surface area contributed by atoms with Crippen LogP contribution in [0.15, 0.2) is 22.2 Å². The highest BCUT2D eigenvalue weighted by Crippen LogP contribution is 2.49. The summed E-state index contributed by atoms with van der Waals surface area (Å²) in [5, 5.41) is 26.8. The Kier molecular flexibility index (Phi) is 15.5. The second kappa shape index (κ2) is 20.4. The van der Waals surface area contributed by atoms with Crippen molar-refractivity contribution in [2.45, 2.75) is 90.5 Å². The van der Waals surface area contributed by atoms with E-state index >= 15 is 0 Å².